The van der Waals surface area contributed by atoms with E-state index in [0.29, 0.717) is 5.69 Å². The lowest BCUT2D eigenvalue weighted by Gasteiger charge is -2.20. The van der Waals surface area contributed by atoms with E-state index < -0.39 is 5.97 Å². The van der Waals surface area contributed by atoms with Gasteiger partial charge in [0, 0.05) is 18.3 Å². The van der Waals surface area contributed by atoms with Crippen LogP contribution in [0, 0.1) is 6.92 Å². The van der Waals surface area contributed by atoms with E-state index in [1.165, 1.54) is 0 Å². The molecule has 17 heavy (non-hydrogen) atoms. The van der Waals surface area contributed by atoms with Crippen LogP contribution in [0.1, 0.15) is 35.4 Å². The second-order valence-electron chi connectivity index (χ2n) is 4.31. The number of amides is 1. The maximum absolute atomic E-state index is 12.1. The maximum Gasteiger partial charge on any atom is 0.305 e. The third-order valence-electron chi connectivity index (χ3n) is 2.74. The molecule has 1 saturated carbocycles. The molecule has 1 aromatic heterocycles. The Morgan fingerprint density at radius 1 is 1.59 bits per heavy atom. The molecule has 92 valence electrons. The molecule has 1 aliphatic rings. The summed E-state index contributed by atoms with van der Waals surface area (Å²) >= 11 is 0. The molecule has 0 spiro atoms. The number of hydrogen-bond donors (Lipinski definition) is 2. The zero-order valence-electron chi connectivity index (χ0n) is 9.64. The van der Waals surface area contributed by atoms with Crippen LogP contribution in [0.3, 0.4) is 0 Å². The largest absolute Gasteiger partial charge is 0.481 e. The zero-order chi connectivity index (χ0) is 12.4. The maximum atomic E-state index is 12.1. The Kier molecular flexibility index (Phi) is 3.12. The van der Waals surface area contributed by atoms with Crippen LogP contribution in [-0.4, -0.2) is 44.7 Å². The van der Waals surface area contributed by atoms with Gasteiger partial charge in [-0.2, -0.15) is 5.10 Å². The van der Waals surface area contributed by atoms with Crippen LogP contribution >= 0.6 is 0 Å². The van der Waals surface area contributed by atoms with Crippen molar-refractivity contribution in [2.24, 2.45) is 0 Å². The quantitative estimate of drug-likeness (QED) is 0.793. The summed E-state index contributed by atoms with van der Waals surface area (Å²) in [6, 6.07) is 1.87. The van der Waals surface area contributed by atoms with Crippen LogP contribution in [0.25, 0.3) is 0 Å². The first kappa shape index (κ1) is 11.6. The SMILES string of the molecule is Cc1cc(C(=O)N(CCC(=O)O)C2CC2)n[nH]1. The minimum atomic E-state index is -0.887. The molecule has 0 aliphatic heterocycles. The van der Waals surface area contributed by atoms with E-state index in [1.807, 2.05) is 6.92 Å². The fourth-order valence-electron chi connectivity index (χ4n) is 1.73. The molecule has 0 radical (unpaired) electrons. The van der Waals surface area contributed by atoms with Gasteiger partial charge in [0.15, 0.2) is 0 Å². The standard InChI is InChI=1S/C11H15N3O3/c1-7-6-9(13-12-7)11(17)14(8-2-3-8)5-4-10(15)16/h6,8H,2-5H2,1H3,(H,12,13)(H,15,16). The van der Waals surface area contributed by atoms with Crippen LogP contribution in [-0.2, 0) is 4.79 Å². The van der Waals surface area contributed by atoms with E-state index >= 15 is 0 Å². The summed E-state index contributed by atoms with van der Waals surface area (Å²) in [6.45, 7) is 2.08. The van der Waals surface area contributed by atoms with Gasteiger partial charge in [-0.3, -0.25) is 14.7 Å². The smallest absolute Gasteiger partial charge is 0.305 e. The minimum absolute atomic E-state index is 0.0222. The Balaban J connectivity index is 2.05. The third-order valence-corrected chi connectivity index (χ3v) is 2.74. The Morgan fingerprint density at radius 3 is 2.76 bits per heavy atom. The van der Waals surface area contributed by atoms with Crippen LogP contribution in [0.5, 0.6) is 0 Å². The molecule has 2 N–H and O–H groups in total. The van der Waals surface area contributed by atoms with Gasteiger partial charge < -0.3 is 10.0 Å². The number of H-pyrrole nitrogens is 1. The Hall–Kier alpha value is -1.85. The van der Waals surface area contributed by atoms with Crippen molar-refractivity contribution >= 4 is 11.9 Å². The summed E-state index contributed by atoms with van der Waals surface area (Å²) in [5.74, 6) is -1.07. The number of rotatable bonds is 5. The van der Waals surface area contributed by atoms with Gasteiger partial charge >= 0.3 is 5.97 Å². The lowest BCUT2D eigenvalue weighted by molar-refractivity contribution is -0.137. The molecule has 1 aliphatic carbocycles. The van der Waals surface area contributed by atoms with Gasteiger partial charge in [-0.15, -0.1) is 0 Å². The molecular weight excluding hydrogens is 222 g/mol. The molecule has 2 rings (SSSR count). The predicted molar refractivity (Wildman–Crippen MR) is 59.6 cm³/mol. The summed E-state index contributed by atoms with van der Waals surface area (Å²) < 4.78 is 0. The first-order valence-corrected chi connectivity index (χ1v) is 5.62. The van der Waals surface area contributed by atoms with Crippen molar-refractivity contribution < 1.29 is 14.7 Å². The molecule has 0 saturated heterocycles. The molecule has 1 heterocycles. The summed E-state index contributed by atoms with van der Waals surface area (Å²) in [5.41, 5.74) is 1.18. The van der Waals surface area contributed by atoms with Crippen molar-refractivity contribution in [2.45, 2.75) is 32.2 Å². The van der Waals surface area contributed by atoms with Gasteiger partial charge in [-0.1, -0.05) is 0 Å². The Labute approximate surface area is 98.6 Å². The second-order valence-corrected chi connectivity index (χ2v) is 4.31. The molecule has 0 atom stereocenters. The van der Waals surface area contributed by atoms with Crippen molar-refractivity contribution in [3.05, 3.63) is 17.5 Å². The Bertz CT molecular complexity index is 437. The molecule has 6 nitrogen and oxygen atoms in total. The molecule has 1 aromatic rings. The van der Waals surface area contributed by atoms with Crippen LogP contribution in [0.2, 0.25) is 0 Å². The summed E-state index contributed by atoms with van der Waals surface area (Å²) in [5, 5.41) is 15.3. The number of hydrogen-bond acceptors (Lipinski definition) is 3. The number of aromatic amines is 1. The van der Waals surface area contributed by atoms with Crippen LogP contribution in [0.15, 0.2) is 6.07 Å². The van der Waals surface area contributed by atoms with Crippen LogP contribution < -0.4 is 0 Å². The van der Waals surface area contributed by atoms with E-state index in [0.717, 1.165) is 18.5 Å². The molecule has 0 unspecified atom stereocenters. The normalized spacial score (nSPS) is 14.6. The van der Waals surface area contributed by atoms with E-state index in [1.54, 1.807) is 11.0 Å². The van der Waals surface area contributed by atoms with Crippen molar-refractivity contribution in [2.75, 3.05) is 6.54 Å². The second kappa shape index (κ2) is 4.57. The number of carboxylic acid groups (broad SMARTS) is 1. The minimum Gasteiger partial charge on any atom is -0.481 e. The average Bonchev–Trinajstić information content (AvgIpc) is 3.00. The number of nitrogens with zero attached hydrogens (tertiary/aromatic N) is 2. The van der Waals surface area contributed by atoms with E-state index in [2.05, 4.69) is 10.2 Å². The fraction of sp³-hybridized carbons (Fsp3) is 0.545. The van der Waals surface area contributed by atoms with Gasteiger partial charge in [0.05, 0.1) is 6.42 Å². The number of carbonyl (C=O) groups is 2. The highest BCUT2D eigenvalue weighted by Crippen LogP contribution is 2.28. The van der Waals surface area contributed by atoms with Crippen molar-refractivity contribution in [1.82, 2.24) is 15.1 Å². The number of carbonyl (C=O) groups excluding carboxylic acids is 1. The van der Waals surface area contributed by atoms with Gasteiger partial charge in [-0.25, -0.2) is 0 Å². The predicted octanol–water partition coefficient (Wildman–Crippen LogP) is 0.797. The Morgan fingerprint density at radius 2 is 2.29 bits per heavy atom. The molecule has 0 bridgehead atoms. The lowest BCUT2D eigenvalue weighted by atomic mass is 10.3. The molecular formula is C11H15N3O3. The third kappa shape index (κ3) is 2.83. The van der Waals surface area contributed by atoms with Gasteiger partial charge in [0.25, 0.3) is 5.91 Å². The van der Waals surface area contributed by atoms with E-state index in [9.17, 15) is 9.59 Å². The molecule has 0 aromatic carbocycles. The average molecular weight is 237 g/mol. The monoisotopic (exact) mass is 237 g/mol. The van der Waals surface area contributed by atoms with Gasteiger partial charge in [0.1, 0.15) is 5.69 Å². The molecule has 1 amide bonds. The van der Waals surface area contributed by atoms with Gasteiger partial charge in [-0.05, 0) is 25.8 Å². The summed E-state index contributed by atoms with van der Waals surface area (Å²) in [4.78, 5) is 24.3. The van der Waals surface area contributed by atoms with E-state index in [-0.39, 0.29) is 24.9 Å². The highest BCUT2D eigenvalue weighted by molar-refractivity contribution is 5.93. The highest BCUT2D eigenvalue weighted by atomic mass is 16.4. The van der Waals surface area contributed by atoms with Crippen molar-refractivity contribution in [3.8, 4) is 0 Å². The summed E-state index contributed by atoms with van der Waals surface area (Å²) in [6.07, 6.45) is 1.88. The first-order valence-electron chi connectivity index (χ1n) is 5.62. The number of nitrogens with one attached hydrogen (secondary N) is 1. The topological polar surface area (TPSA) is 86.3 Å². The van der Waals surface area contributed by atoms with Crippen molar-refractivity contribution in [1.29, 1.82) is 0 Å². The number of aromatic nitrogens is 2. The summed E-state index contributed by atoms with van der Waals surface area (Å²) in [7, 11) is 0. The van der Waals surface area contributed by atoms with Crippen LogP contribution in [0.4, 0.5) is 0 Å². The van der Waals surface area contributed by atoms with Crippen molar-refractivity contribution in [3.63, 3.8) is 0 Å². The fourth-order valence-corrected chi connectivity index (χ4v) is 1.73. The van der Waals surface area contributed by atoms with Gasteiger partial charge in [0.2, 0.25) is 0 Å². The molecule has 1 fully saturated rings. The highest BCUT2D eigenvalue weighted by Gasteiger charge is 2.33. The van der Waals surface area contributed by atoms with E-state index in [4.69, 9.17) is 5.11 Å². The first-order chi connectivity index (χ1) is 8.08. The number of aryl methyl sites for hydroxylation is 1. The number of aliphatic carboxylic acids is 1. The zero-order valence-corrected chi connectivity index (χ0v) is 9.64. The lowest BCUT2D eigenvalue weighted by Crippen LogP contribution is -2.35. The molecule has 6 heteroatoms. The number of carboxylic acids is 1.